The molecule has 0 unspecified atom stereocenters. The number of ether oxygens (including phenoxy) is 2. The molecule has 0 saturated heterocycles. The van der Waals surface area contributed by atoms with Crippen LogP contribution in [0.25, 0.3) is 0 Å². The van der Waals surface area contributed by atoms with E-state index in [1.807, 2.05) is 0 Å². The molecule has 6 amide bonds. The number of hydrogen-bond donors (Lipinski definition) is 9. The molecule has 0 spiro atoms. The predicted octanol–water partition coefficient (Wildman–Crippen LogP) is 11.0. The van der Waals surface area contributed by atoms with Crippen molar-refractivity contribution in [3.8, 4) is 0 Å². The zero-order valence-electron chi connectivity index (χ0n) is 55.2. The van der Waals surface area contributed by atoms with E-state index < -0.39 is 109 Å². The third kappa shape index (κ3) is 49.3. The van der Waals surface area contributed by atoms with E-state index in [2.05, 4.69) is 47.4 Å². The fourth-order valence-corrected chi connectivity index (χ4v) is 11.3. The molecular weight excluding hydrogens is 1140 g/mol. The monoisotopic (exact) mass is 1270 g/mol. The van der Waals surface area contributed by atoms with Crippen molar-refractivity contribution >= 4 is 65.1 Å². The van der Waals surface area contributed by atoms with Gasteiger partial charge in [0.05, 0.1) is 19.6 Å². The number of carbonyl (C=O) groups is 9. The lowest BCUT2D eigenvalue weighted by Gasteiger charge is -2.25. The number of unbranched alkanes of at least 4 members (excludes halogenated alkanes) is 36. The highest BCUT2D eigenvalue weighted by molar-refractivity contribution is 7.99. The summed E-state index contributed by atoms with van der Waals surface area (Å²) in [7, 11) is 0. The number of aliphatic carboxylic acids is 1. The Morgan fingerprint density at radius 3 is 1.07 bits per heavy atom. The van der Waals surface area contributed by atoms with Gasteiger partial charge in [-0.05, 0) is 26.2 Å². The van der Waals surface area contributed by atoms with Crippen LogP contribution in [-0.4, -0.2) is 136 Å². The second-order valence-corrected chi connectivity index (χ2v) is 25.3. The number of carboxylic acid groups (broad SMARTS) is 1. The van der Waals surface area contributed by atoms with Crippen molar-refractivity contribution in [3.63, 3.8) is 0 Å². The number of nitrogens with one attached hydrogen (secondary N) is 5. The Morgan fingerprint density at radius 1 is 0.398 bits per heavy atom. The van der Waals surface area contributed by atoms with Crippen molar-refractivity contribution in [3.05, 3.63) is 0 Å². The van der Waals surface area contributed by atoms with Crippen LogP contribution in [-0.2, 0) is 52.6 Å². The van der Waals surface area contributed by atoms with Crippen LogP contribution < -0.4 is 32.3 Å². The molecule has 21 heteroatoms. The molecule has 0 heterocycles. The van der Waals surface area contributed by atoms with Crippen molar-refractivity contribution in [2.45, 2.75) is 340 Å². The van der Waals surface area contributed by atoms with Crippen LogP contribution in [0, 0.1) is 0 Å². The van der Waals surface area contributed by atoms with Gasteiger partial charge in [-0.15, -0.1) is 0 Å². The van der Waals surface area contributed by atoms with Crippen molar-refractivity contribution in [2.75, 3.05) is 31.3 Å². The van der Waals surface area contributed by atoms with Crippen LogP contribution >= 0.6 is 11.8 Å². The van der Waals surface area contributed by atoms with Crippen LogP contribution in [0.2, 0.25) is 0 Å². The molecule has 0 aromatic rings. The summed E-state index contributed by atoms with van der Waals surface area (Å²) in [4.78, 5) is 117. The molecule has 20 nitrogen and oxygen atoms in total. The first-order valence-electron chi connectivity index (χ1n) is 34.7. The average Bonchev–Trinajstić information content (AvgIpc) is 2.79. The first-order chi connectivity index (χ1) is 42.5. The second kappa shape index (κ2) is 58.8. The van der Waals surface area contributed by atoms with Gasteiger partial charge in [0.1, 0.15) is 42.9 Å². The standard InChI is InChI=1S/C67H124N6O14S/c1-5-8-11-14-17-20-23-26-29-32-35-38-41-44-60(77)70-58(66(83)73-57(49-75)65(82)72-56(48-74)64(81)71-55(47-59(68)76)63(80)69-53(4)67(84)85)52-88-51-54(87-62(79)46-43-40-37-34-31-28-25-22-19-16-13-10-7-3)50-86-61(78)45-42-39-36-33-30-27-24-21-18-15-12-9-6-2/h53-58,74-75H,5-52H2,1-4H3,(H2,68,76)(H,69,80)(H,70,77)(H,71,81)(H,72,82)(H,73,83)(H,84,85)/t53-,54+,55-,56-,57-,58-/m0/s1. The second-order valence-electron chi connectivity index (χ2n) is 24.2. The van der Waals surface area contributed by atoms with Gasteiger partial charge in [0.2, 0.25) is 35.4 Å². The Labute approximate surface area is 534 Å². The molecule has 0 fully saturated rings. The van der Waals surface area contributed by atoms with Gasteiger partial charge in [0.15, 0.2) is 0 Å². The third-order valence-corrected chi connectivity index (χ3v) is 17.0. The fourth-order valence-electron chi connectivity index (χ4n) is 10.3. The molecule has 512 valence electrons. The van der Waals surface area contributed by atoms with Crippen LogP contribution in [0.4, 0.5) is 0 Å². The maximum absolute atomic E-state index is 14.1. The number of primary amides is 1. The number of carbonyl (C=O) groups excluding carboxylic acids is 8. The zero-order chi connectivity index (χ0) is 65.3. The third-order valence-electron chi connectivity index (χ3n) is 15.8. The molecule has 0 aromatic heterocycles. The molecule has 0 bridgehead atoms. The number of aliphatic hydroxyl groups is 2. The van der Waals surface area contributed by atoms with Gasteiger partial charge in [-0.3, -0.25) is 43.2 Å². The lowest BCUT2D eigenvalue weighted by molar-refractivity contribution is -0.157. The number of rotatable bonds is 63. The summed E-state index contributed by atoms with van der Waals surface area (Å²) in [5.41, 5.74) is 5.26. The molecule has 0 radical (unpaired) electrons. The van der Waals surface area contributed by atoms with E-state index in [0.29, 0.717) is 19.3 Å². The summed E-state index contributed by atoms with van der Waals surface area (Å²) in [6, 6.07) is -7.92. The van der Waals surface area contributed by atoms with Gasteiger partial charge in [0.25, 0.3) is 0 Å². The molecule has 0 aliphatic heterocycles. The number of aliphatic hydroxyl groups excluding tert-OH is 2. The highest BCUT2D eigenvalue weighted by atomic mass is 32.2. The van der Waals surface area contributed by atoms with E-state index in [0.717, 1.165) is 82.9 Å². The van der Waals surface area contributed by atoms with Crippen molar-refractivity contribution < 1.29 is 67.9 Å². The summed E-state index contributed by atoms with van der Waals surface area (Å²) in [5.74, 6) is -8.00. The Hall–Kier alpha value is -4.50. The van der Waals surface area contributed by atoms with Crippen LogP contribution in [0.3, 0.4) is 0 Å². The van der Waals surface area contributed by atoms with E-state index in [4.69, 9.17) is 15.2 Å². The van der Waals surface area contributed by atoms with E-state index in [1.54, 1.807) is 0 Å². The Balaban J connectivity index is 6.01. The largest absolute Gasteiger partial charge is 0.480 e. The van der Waals surface area contributed by atoms with Crippen LogP contribution in [0.5, 0.6) is 0 Å². The van der Waals surface area contributed by atoms with E-state index >= 15 is 0 Å². The maximum Gasteiger partial charge on any atom is 0.325 e. The van der Waals surface area contributed by atoms with Gasteiger partial charge in [-0.1, -0.05) is 252 Å². The van der Waals surface area contributed by atoms with Crippen molar-refractivity contribution in [2.24, 2.45) is 5.73 Å². The van der Waals surface area contributed by atoms with E-state index in [-0.39, 0.29) is 37.4 Å². The normalized spacial score (nSPS) is 13.3. The highest BCUT2D eigenvalue weighted by Crippen LogP contribution is 2.18. The minimum Gasteiger partial charge on any atom is -0.480 e. The highest BCUT2D eigenvalue weighted by Gasteiger charge is 2.33. The molecule has 6 atom stereocenters. The van der Waals surface area contributed by atoms with E-state index in [9.17, 15) is 58.5 Å². The molecule has 0 aliphatic carbocycles. The van der Waals surface area contributed by atoms with Gasteiger partial charge in [-0.2, -0.15) is 11.8 Å². The number of esters is 2. The summed E-state index contributed by atoms with van der Waals surface area (Å²) >= 11 is 1.15. The molecule has 0 aliphatic rings. The molecule has 0 aromatic carbocycles. The van der Waals surface area contributed by atoms with E-state index in [1.165, 1.54) is 167 Å². The molecular formula is C67H124N6O14S. The predicted molar refractivity (Wildman–Crippen MR) is 350 cm³/mol. The average molecular weight is 1270 g/mol. The maximum atomic E-state index is 14.1. The quantitative estimate of drug-likeness (QED) is 0.0202. The zero-order valence-corrected chi connectivity index (χ0v) is 56.0. The van der Waals surface area contributed by atoms with Crippen molar-refractivity contribution in [1.82, 2.24) is 26.6 Å². The first-order valence-corrected chi connectivity index (χ1v) is 35.8. The number of hydrogen-bond acceptors (Lipinski definition) is 14. The Bertz CT molecular complexity index is 1850. The molecule has 0 saturated carbocycles. The Morgan fingerprint density at radius 2 is 0.716 bits per heavy atom. The smallest absolute Gasteiger partial charge is 0.325 e. The summed E-state index contributed by atoms with van der Waals surface area (Å²) in [6.07, 6.45) is 43.7. The van der Waals surface area contributed by atoms with Gasteiger partial charge < -0.3 is 57.1 Å². The lowest BCUT2D eigenvalue weighted by atomic mass is 10.0. The minimum absolute atomic E-state index is 0.0794. The van der Waals surface area contributed by atoms with Crippen molar-refractivity contribution in [1.29, 1.82) is 0 Å². The van der Waals surface area contributed by atoms with Gasteiger partial charge >= 0.3 is 17.9 Å². The summed E-state index contributed by atoms with van der Waals surface area (Å²) in [5, 5.41) is 41.4. The number of amides is 6. The number of thioether (sulfide) groups is 1. The van der Waals surface area contributed by atoms with Gasteiger partial charge in [-0.25, -0.2) is 0 Å². The summed E-state index contributed by atoms with van der Waals surface area (Å²) in [6.45, 7) is 5.57. The van der Waals surface area contributed by atoms with Crippen LogP contribution in [0.1, 0.15) is 304 Å². The topological polar surface area (TPSA) is 319 Å². The van der Waals surface area contributed by atoms with Crippen LogP contribution in [0.15, 0.2) is 0 Å². The number of nitrogens with two attached hydrogens (primary N) is 1. The Kier molecular flexibility index (Phi) is 55.8. The minimum atomic E-state index is -1.79. The first kappa shape index (κ1) is 83.5. The number of carboxylic acids is 1. The fraction of sp³-hybridized carbons (Fsp3) is 0.866. The molecule has 10 N–H and O–H groups in total. The van der Waals surface area contributed by atoms with Gasteiger partial charge in [0, 0.05) is 30.8 Å². The lowest BCUT2D eigenvalue weighted by Crippen LogP contribution is -2.60. The molecule has 88 heavy (non-hydrogen) atoms. The SMILES string of the molecule is CCCCCCCCCCCCCCCC(=O)N[C@@H](CSC[C@@H](COC(=O)CCCCCCCCCCCCCCC)OC(=O)CCCCCCCCCCCCCCC)C(=O)N[C@@H](CO)C(=O)N[C@@H](CO)C(=O)N[C@@H](CC(N)=O)C(=O)N[C@@H](C)C(=O)O. The molecule has 0 rings (SSSR count). The summed E-state index contributed by atoms with van der Waals surface area (Å²) < 4.78 is 11.6.